The fourth-order valence-corrected chi connectivity index (χ4v) is 2.72. The van der Waals surface area contributed by atoms with E-state index in [1.807, 2.05) is 0 Å². The van der Waals surface area contributed by atoms with Crippen molar-refractivity contribution in [3.8, 4) is 0 Å². The van der Waals surface area contributed by atoms with Crippen LogP contribution in [0.5, 0.6) is 0 Å². The van der Waals surface area contributed by atoms with Gasteiger partial charge in [0.2, 0.25) is 5.91 Å². The van der Waals surface area contributed by atoms with E-state index in [1.54, 1.807) is 0 Å². The highest BCUT2D eigenvalue weighted by atomic mass is 32.2. The molecule has 0 rings (SSSR count). The Balaban J connectivity index is 3.29. The third-order valence-corrected chi connectivity index (χ3v) is 3.28. The third-order valence-electron chi connectivity index (χ3n) is 1.09. The molecule has 2 N–H and O–H groups in total. The summed E-state index contributed by atoms with van der Waals surface area (Å²) in [7, 11) is -2.86. The minimum atomic E-state index is -2.86. The monoisotopic (exact) mass is 211 g/mol. The molecule has 0 aromatic rings. The van der Waals surface area contributed by atoms with Crippen LogP contribution in [-0.2, 0) is 14.6 Å². The molecule has 0 aliphatic heterocycles. The topological polar surface area (TPSA) is 77.2 Å². The molecule has 4 nitrogen and oxygen atoms in total. The Bertz CT molecular complexity index is 235. The molecule has 0 bridgehead atoms. The first-order valence-electron chi connectivity index (χ1n) is 3.45. The second kappa shape index (κ2) is 5.42. The first-order chi connectivity index (χ1) is 5.42. The van der Waals surface area contributed by atoms with Crippen molar-refractivity contribution in [2.75, 3.05) is 23.5 Å². The summed E-state index contributed by atoms with van der Waals surface area (Å²) in [5.41, 5.74) is 4.89. The molecule has 0 aliphatic rings. The summed E-state index contributed by atoms with van der Waals surface area (Å²) in [6.07, 6.45) is 1.51. The number of carbonyl (C=O) groups is 1. The third kappa shape index (κ3) is 9.77. The minimum absolute atomic E-state index is 0.163. The summed E-state index contributed by atoms with van der Waals surface area (Å²) < 4.78 is 21.2. The van der Waals surface area contributed by atoms with Crippen LogP contribution in [0.15, 0.2) is 0 Å². The summed E-state index contributed by atoms with van der Waals surface area (Å²) in [6.45, 7) is 0. The van der Waals surface area contributed by atoms with Crippen LogP contribution in [0.1, 0.15) is 6.42 Å². The average Bonchev–Trinajstić information content (AvgIpc) is 1.83. The number of rotatable bonds is 6. The van der Waals surface area contributed by atoms with E-state index in [4.69, 9.17) is 5.73 Å². The van der Waals surface area contributed by atoms with E-state index in [0.29, 0.717) is 17.9 Å². The van der Waals surface area contributed by atoms with Crippen LogP contribution >= 0.6 is 11.8 Å². The summed E-state index contributed by atoms with van der Waals surface area (Å²) in [5, 5.41) is 0. The van der Waals surface area contributed by atoms with Gasteiger partial charge < -0.3 is 5.73 Å². The number of thioether (sulfide) groups is 1. The van der Waals surface area contributed by atoms with Gasteiger partial charge in [-0.1, -0.05) is 0 Å². The lowest BCUT2D eigenvalue weighted by Crippen LogP contribution is -2.12. The van der Waals surface area contributed by atoms with E-state index in [2.05, 4.69) is 0 Å². The Hall–Kier alpha value is -0.230. The number of sulfone groups is 1. The molecule has 1 amide bonds. The van der Waals surface area contributed by atoms with Crippen molar-refractivity contribution >= 4 is 27.5 Å². The maximum Gasteiger partial charge on any atom is 0.218 e. The Morgan fingerprint density at radius 2 is 2.00 bits per heavy atom. The highest BCUT2D eigenvalue weighted by Crippen LogP contribution is 2.02. The predicted molar refractivity (Wildman–Crippen MR) is 50.8 cm³/mol. The molecule has 0 saturated carbocycles. The van der Waals surface area contributed by atoms with E-state index in [-0.39, 0.29) is 11.7 Å². The Kier molecular flexibility index (Phi) is 5.32. The quantitative estimate of drug-likeness (QED) is 0.609. The summed E-state index contributed by atoms with van der Waals surface area (Å²) in [5.74, 6) is 0.953. The van der Waals surface area contributed by atoms with Crippen molar-refractivity contribution in [3.63, 3.8) is 0 Å². The van der Waals surface area contributed by atoms with Crippen LogP contribution < -0.4 is 5.73 Å². The fraction of sp³-hybridized carbons (Fsp3) is 0.833. The lowest BCUT2D eigenvalue weighted by Gasteiger charge is -1.97. The van der Waals surface area contributed by atoms with Crippen molar-refractivity contribution in [1.82, 2.24) is 0 Å². The van der Waals surface area contributed by atoms with E-state index in [0.717, 1.165) is 0 Å². The van der Waals surface area contributed by atoms with Gasteiger partial charge in [-0.05, 0) is 0 Å². The van der Waals surface area contributed by atoms with E-state index in [9.17, 15) is 13.2 Å². The van der Waals surface area contributed by atoms with Gasteiger partial charge in [0.25, 0.3) is 0 Å². The van der Waals surface area contributed by atoms with Crippen LogP contribution in [0.3, 0.4) is 0 Å². The van der Waals surface area contributed by atoms with Gasteiger partial charge in [-0.2, -0.15) is 11.8 Å². The molecule has 6 heteroatoms. The largest absolute Gasteiger partial charge is 0.370 e. The molecular weight excluding hydrogens is 198 g/mol. The summed E-state index contributed by atoms with van der Waals surface area (Å²) >= 11 is 1.43. The van der Waals surface area contributed by atoms with Gasteiger partial charge in [-0.15, -0.1) is 0 Å². The predicted octanol–water partition coefficient (Wildman–Crippen LogP) is -0.360. The zero-order chi connectivity index (χ0) is 9.61. The van der Waals surface area contributed by atoms with Crippen molar-refractivity contribution < 1.29 is 13.2 Å². The second-order valence-electron chi connectivity index (χ2n) is 2.46. The number of nitrogens with two attached hydrogens (primary N) is 1. The summed E-state index contributed by atoms with van der Waals surface area (Å²) in [6, 6.07) is 0. The lowest BCUT2D eigenvalue weighted by atomic mass is 10.5. The highest BCUT2D eigenvalue weighted by Gasteiger charge is 2.01. The van der Waals surface area contributed by atoms with Gasteiger partial charge in [0.1, 0.15) is 9.84 Å². The molecule has 0 aromatic heterocycles. The molecule has 0 aliphatic carbocycles. The van der Waals surface area contributed by atoms with Gasteiger partial charge in [0, 0.05) is 24.2 Å². The fourth-order valence-electron chi connectivity index (χ4n) is 0.485. The molecule has 12 heavy (non-hydrogen) atoms. The Morgan fingerprint density at radius 3 is 2.42 bits per heavy atom. The van der Waals surface area contributed by atoms with Gasteiger partial charge in [0.05, 0.1) is 5.75 Å². The van der Waals surface area contributed by atoms with Crippen LogP contribution in [0.2, 0.25) is 0 Å². The first-order valence-corrected chi connectivity index (χ1v) is 6.67. The van der Waals surface area contributed by atoms with Crippen LogP contribution in [0.25, 0.3) is 0 Å². The Morgan fingerprint density at radius 1 is 1.42 bits per heavy atom. The number of hydrogen-bond acceptors (Lipinski definition) is 4. The molecule has 72 valence electrons. The molecule has 0 spiro atoms. The number of hydrogen-bond donors (Lipinski definition) is 1. The SMILES string of the molecule is CS(=O)(=O)CCSCCC(N)=O. The second-order valence-corrected chi connectivity index (χ2v) is 5.94. The maximum atomic E-state index is 10.6. The normalized spacial score (nSPS) is 11.4. The van der Waals surface area contributed by atoms with Gasteiger partial charge in [0.15, 0.2) is 0 Å². The molecule has 0 aromatic carbocycles. The van der Waals surface area contributed by atoms with Crippen molar-refractivity contribution in [1.29, 1.82) is 0 Å². The molecular formula is C6H13NO3S2. The van der Waals surface area contributed by atoms with Crippen molar-refractivity contribution in [3.05, 3.63) is 0 Å². The molecule has 0 atom stereocenters. The van der Waals surface area contributed by atoms with Crippen molar-refractivity contribution in [2.24, 2.45) is 5.73 Å². The van der Waals surface area contributed by atoms with E-state index < -0.39 is 9.84 Å². The van der Waals surface area contributed by atoms with E-state index >= 15 is 0 Å². The highest BCUT2D eigenvalue weighted by molar-refractivity contribution is 8.00. The van der Waals surface area contributed by atoms with Crippen LogP contribution in [-0.4, -0.2) is 37.8 Å². The van der Waals surface area contributed by atoms with Crippen LogP contribution in [0, 0.1) is 0 Å². The number of primary amides is 1. The Labute approximate surface area is 76.8 Å². The average molecular weight is 211 g/mol. The zero-order valence-corrected chi connectivity index (χ0v) is 8.58. The van der Waals surface area contributed by atoms with Crippen LogP contribution in [0.4, 0.5) is 0 Å². The lowest BCUT2D eigenvalue weighted by molar-refractivity contribution is -0.117. The van der Waals surface area contributed by atoms with E-state index in [1.165, 1.54) is 18.0 Å². The van der Waals surface area contributed by atoms with Gasteiger partial charge in [-0.25, -0.2) is 8.42 Å². The standard InChI is InChI=1S/C6H13NO3S2/c1-12(9,10)5-4-11-3-2-6(7)8/h2-5H2,1H3,(H2,7,8). The maximum absolute atomic E-state index is 10.6. The van der Waals surface area contributed by atoms with Gasteiger partial charge >= 0.3 is 0 Å². The zero-order valence-electron chi connectivity index (χ0n) is 6.95. The molecule has 0 unspecified atom stereocenters. The molecule has 0 saturated heterocycles. The number of carbonyl (C=O) groups excluding carboxylic acids is 1. The molecule has 0 fully saturated rings. The number of amides is 1. The summed E-state index contributed by atoms with van der Waals surface area (Å²) in [4.78, 5) is 10.2. The smallest absolute Gasteiger partial charge is 0.218 e. The first kappa shape index (κ1) is 11.8. The minimum Gasteiger partial charge on any atom is -0.370 e. The molecule has 0 heterocycles. The molecule has 0 radical (unpaired) electrons. The van der Waals surface area contributed by atoms with Crippen molar-refractivity contribution in [2.45, 2.75) is 6.42 Å². The van der Waals surface area contributed by atoms with Gasteiger partial charge in [-0.3, -0.25) is 4.79 Å².